The number of para-hydroxylation sites is 2. The lowest BCUT2D eigenvalue weighted by Gasteiger charge is -2.07. The fourth-order valence-electron chi connectivity index (χ4n) is 2.08. The van der Waals surface area contributed by atoms with Crippen LogP contribution in [0, 0.1) is 0 Å². The Morgan fingerprint density at radius 1 is 1.04 bits per heavy atom. The van der Waals surface area contributed by atoms with Gasteiger partial charge in [-0.3, -0.25) is 0 Å². The second-order valence-electron chi connectivity index (χ2n) is 4.96. The maximum atomic E-state index is 12.2. The highest BCUT2D eigenvalue weighted by Crippen LogP contribution is 2.26. The summed E-state index contributed by atoms with van der Waals surface area (Å²) >= 11 is 0. The van der Waals surface area contributed by atoms with Gasteiger partial charge in [0.05, 0.1) is 24.2 Å². The normalized spacial score (nSPS) is 11.2. The largest absolute Gasteiger partial charge is 0.495 e. The van der Waals surface area contributed by atoms with E-state index in [1.54, 1.807) is 37.4 Å². The first kappa shape index (κ1) is 16.9. The third-order valence-electron chi connectivity index (χ3n) is 3.28. The molecule has 2 N–H and O–H groups in total. The second-order valence-corrected chi connectivity index (χ2v) is 6.73. The summed E-state index contributed by atoms with van der Waals surface area (Å²) in [6, 6.07) is 15.4. The van der Waals surface area contributed by atoms with Crippen molar-refractivity contribution in [2.45, 2.75) is 11.4 Å². The first-order valence-corrected chi connectivity index (χ1v) is 8.84. The molecule has 2 aromatic carbocycles. The molecular formula is C16H16N4O4S. The zero-order valence-corrected chi connectivity index (χ0v) is 14.2. The van der Waals surface area contributed by atoms with E-state index in [4.69, 9.17) is 9.15 Å². The predicted molar refractivity (Wildman–Crippen MR) is 91.0 cm³/mol. The molecule has 0 atom stereocenters. The Kier molecular flexibility index (Phi) is 4.96. The predicted octanol–water partition coefficient (Wildman–Crippen LogP) is 2.30. The van der Waals surface area contributed by atoms with E-state index in [0.29, 0.717) is 11.4 Å². The minimum atomic E-state index is -3.64. The van der Waals surface area contributed by atoms with Crippen molar-refractivity contribution in [2.24, 2.45) is 0 Å². The molecule has 0 saturated heterocycles. The fraction of sp³-hybridized carbons (Fsp3) is 0.125. The third kappa shape index (κ3) is 4.14. The van der Waals surface area contributed by atoms with Gasteiger partial charge in [0.25, 0.3) is 0 Å². The van der Waals surface area contributed by atoms with Crippen LogP contribution in [0.2, 0.25) is 0 Å². The number of hydrogen-bond acceptors (Lipinski definition) is 7. The number of nitrogens with one attached hydrogen (secondary N) is 2. The molecule has 0 fully saturated rings. The molecule has 0 saturated carbocycles. The van der Waals surface area contributed by atoms with Crippen LogP contribution < -0.4 is 14.8 Å². The third-order valence-corrected chi connectivity index (χ3v) is 4.70. The van der Waals surface area contributed by atoms with Crippen LogP contribution in [0.3, 0.4) is 0 Å². The van der Waals surface area contributed by atoms with E-state index in [2.05, 4.69) is 20.2 Å². The Labute approximate surface area is 144 Å². The molecule has 0 aliphatic rings. The van der Waals surface area contributed by atoms with Crippen LogP contribution in [-0.2, 0) is 16.6 Å². The Balaban J connectivity index is 1.66. The summed E-state index contributed by atoms with van der Waals surface area (Å²) in [4.78, 5) is 0.168. The number of methoxy groups -OCH3 is 1. The smallest absolute Gasteiger partial charge is 0.320 e. The Morgan fingerprint density at radius 3 is 2.52 bits per heavy atom. The summed E-state index contributed by atoms with van der Waals surface area (Å²) in [5.74, 6) is 0.754. The number of anilines is 2. The van der Waals surface area contributed by atoms with Crippen molar-refractivity contribution in [2.75, 3.05) is 12.4 Å². The molecule has 3 aromatic rings. The van der Waals surface area contributed by atoms with Crippen molar-refractivity contribution < 1.29 is 17.6 Å². The van der Waals surface area contributed by atoms with Gasteiger partial charge in [-0.1, -0.05) is 35.4 Å². The first-order valence-electron chi connectivity index (χ1n) is 7.35. The summed E-state index contributed by atoms with van der Waals surface area (Å²) in [6.45, 7) is -0.113. The van der Waals surface area contributed by atoms with Gasteiger partial charge >= 0.3 is 6.01 Å². The number of nitrogens with zero attached hydrogens (tertiary/aromatic N) is 2. The van der Waals surface area contributed by atoms with E-state index in [9.17, 15) is 8.42 Å². The van der Waals surface area contributed by atoms with Crippen molar-refractivity contribution in [1.29, 1.82) is 0 Å². The quantitative estimate of drug-likeness (QED) is 0.666. The van der Waals surface area contributed by atoms with E-state index in [0.717, 1.165) is 0 Å². The maximum Gasteiger partial charge on any atom is 0.320 e. The highest BCUT2D eigenvalue weighted by molar-refractivity contribution is 7.89. The molecule has 1 aromatic heterocycles. The van der Waals surface area contributed by atoms with E-state index in [1.807, 2.05) is 12.1 Å². The Bertz CT molecular complexity index is 942. The molecule has 9 heteroatoms. The Morgan fingerprint density at radius 2 is 1.76 bits per heavy atom. The minimum absolute atomic E-state index is 0.113. The summed E-state index contributed by atoms with van der Waals surface area (Å²) < 4.78 is 37.3. The summed E-state index contributed by atoms with van der Waals surface area (Å²) in [7, 11) is -2.08. The lowest BCUT2D eigenvalue weighted by atomic mass is 10.3. The molecule has 1 heterocycles. The topological polar surface area (TPSA) is 106 Å². The van der Waals surface area contributed by atoms with Crippen LogP contribution in [0.5, 0.6) is 5.75 Å². The van der Waals surface area contributed by atoms with Gasteiger partial charge in [0.1, 0.15) is 5.75 Å². The van der Waals surface area contributed by atoms with Gasteiger partial charge in [-0.25, -0.2) is 13.1 Å². The van der Waals surface area contributed by atoms with Crippen molar-refractivity contribution in [3.8, 4) is 5.75 Å². The van der Waals surface area contributed by atoms with Crippen LogP contribution in [0.1, 0.15) is 5.89 Å². The van der Waals surface area contributed by atoms with Gasteiger partial charge in [0, 0.05) is 0 Å². The molecule has 0 spiro atoms. The molecular weight excluding hydrogens is 344 g/mol. The number of sulfonamides is 1. The maximum absolute atomic E-state index is 12.2. The monoisotopic (exact) mass is 360 g/mol. The van der Waals surface area contributed by atoms with Gasteiger partial charge in [0.2, 0.25) is 15.9 Å². The van der Waals surface area contributed by atoms with Crippen molar-refractivity contribution >= 4 is 21.7 Å². The Hall–Kier alpha value is -2.91. The van der Waals surface area contributed by atoms with Gasteiger partial charge in [-0.15, -0.1) is 5.10 Å². The van der Waals surface area contributed by atoms with Crippen LogP contribution in [0.4, 0.5) is 11.7 Å². The van der Waals surface area contributed by atoms with Crippen LogP contribution in [-0.4, -0.2) is 25.7 Å². The average molecular weight is 360 g/mol. The zero-order chi connectivity index (χ0) is 17.7. The van der Waals surface area contributed by atoms with Gasteiger partial charge in [-0.05, 0) is 24.3 Å². The van der Waals surface area contributed by atoms with E-state index >= 15 is 0 Å². The zero-order valence-electron chi connectivity index (χ0n) is 13.3. The molecule has 3 rings (SSSR count). The standard InChI is InChI=1S/C16H16N4O4S/c1-23-14-10-6-5-9-13(14)18-16-20-19-15(24-16)11-17-25(21,22)12-7-3-2-4-8-12/h2-10,17H,11H2,1H3,(H,18,20). The molecule has 25 heavy (non-hydrogen) atoms. The number of benzene rings is 2. The van der Waals surface area contributed by atoms with E-state index in [1.165, 1.54) is 12.1 Å². The van der Waals surface area contributed by atoms with Crippen molar-refractivity contribution in [3.63, 3.8) is 0 Å². The van der Waals surface area contributed by atoms with Crippen LogP contribution in [0.15, 0.2) is 63.9 Å². The molecule has 0 unspecified atom stereocenters. The lowest BCUT2D eigenvalue weighted by molar-refractivity contribution is 0.416. The summed E-state index contributed by atoms with van der Waals surface area (Å²) in [5, 5.41) is 10.6. The molecule has 8 nitrogen and oxygen atoms in total. The minimum Gasteiger partial charge on any atom is -0.495 e. The number of hydrogen-bond donors (Lipinski definition) is 2. The van der Waals surface area contributed by atoms with Gasteiger partial charge < -0.3 is 14.5 Å². The first-order chi connectivity index (χ1) is 12.1. The van der Waals surface area contributed by atoms with Crippen molar-refractivity contribution in [1.82, 2.24) is 14.9 Å². The molecule has 0 aliphatic carbocycles. The van der Waals surface area contributed by atoms with Crippen LogP contribution >= 0.6 is 0 Å². The number of rotatable bonds is 7. The molecule has 0 amide bonds. The van der Waals surface area contributed by atoms with Crippen LogP contribution in [0.25, 0.3) is 0 Å². The van der Waals surface area contributed by atoms with Gasteiger partial charge in [-0.2, -0.15) is 0 Å². The second kappa shape index (κ2) is 7.32. The number of aromatic nitrogens is 2. The highest BCUT2D eigenvalue weighted by Gasteiger charge is 2.15. The number of ether oxygens (including phenoxy) is 1. The molecule has 0 aliphatic heterocycles. The highest BCUT2D eigenvalue weighted by atomic mass is 32.2. The van der Waals surface area contributed by atoms with Gasteiger partial charge in [0.15, 0.2) is 0 Å². The summed E-state index contributed by atoms with van der Waals surface area (Å²) in [5.41, 5.74) is 0.657. The van der Waals surface area contributed by atoms with E-state index in [-0.39, 0.29) is 23.3 Å². The summed E-state index contributed by atoms with van der Waals surface area (Å²) in [6.07, 6.45) is 0. The SMILES string of the molecule is COc1ccccc1Nc1nnc(CNS(=O)(=O)c2ccccc2)o1. The molecule has 0 radical (unpaired) electrons. The average Bonchev–Trinajstić information content (AvgIpc) is 3.09. The van der Waals surface area contributed by atoms with Crippen molar-refractivity contribution in [3.05, 3.63) is 60.5 Å². The van der Waals surface area contributed by atoms with E-state index < -0.39 is 10.0 Å². The molecule has 0 bridgehead atoms. The fourth-order valence-corrected chi connectivity index (χ4v) is 3.07. The lowest BCUT2D eigenvalue weighted by Crippen LogP contribution is -2.23. The molecule has 130 valence electrons.